The minimum atomic E-state index is -6.04. The van der Waals surface area contributed by atoms with E-state index in [4.69, 9.17) is 5.11 Å². The van der Waals surface area contributed by atoms with Crippen LogP contribution in [0, 0.1) is 0 Å². The molecule has 110 valence electrons. The van der Waals surface area contributed by atoms with Crippen molar-refractivity contribution in [3.63, 3.8) is 0 Å². The van der Waals surface area contributed by atoms with Gasteiger partial charge in [-0.2, -0.15) is 22.0 Å². The third-order valence-corrected chi connectivity index (χ3v) is 3.34. The number of aliphatic carboxylic acids is 1. The molecule has 1 saturated heterocycles. The Kier molecular flexibility index (Phi) is 3.79. The van der Waals surface area contributed by atoms with Gasteiger partial charge in [0, 0.05) is 6.54 Å². The molecular formula is C10H12F5NO3. The lowest BCUT2D eigenvalue weighted by Crippen LogP contribution is -2.60. The molecule has 19 heavy (non-hydrogen) atoms. The summed E-state index contributed by atoms with van der Waals surface area (Å²) in [5, 5.41) is 9.03. The van der Waals surface area contributed by atoms with Gasteiger partial charge in [0.2, 0.25) is 0 Å². The highest BCUT2D eigenvalue weighted by Crippen LogP contribution is 2.41. The van der Waals surface area contributed by atoms with Gasteiger partial charge in [0.15, 0.2) is 0 Å². The van der Waals surface area contributed by atoms with E-state index in [1.165, 1.54) is 6.92 Å². The molecule has 1 amide bonds. The van der Waals surface area contributed by atoms with Gasteiger partial charge in [-0.15, -0.1) is 0 Å². The van der Waals surface area contributed by atoms with Crippen molar-refractivity contribution in [3.05, 3.63) is 0 Å². The second-order valence-electron chi connectivity index (χ2n) is 4.32. The summed E-state index contributed by atoms with van der Waals surface area (Å²) in [4.78, 5) is 22.7. The van der Waals surface area contributed by atoms with Crippen molar-refractivity contribution in [2.24, 2.45) is 0 Å². The average molecular weight is 289 g/mol. The highest BCUT2D eigenvalue weighted by Gasteiger charge is 2.67. The number of nitrogens with zero attached hydrogens (tertiary/aromatic N) is 1. The number of hydrogen-bond acceptors (Lipinski definition) is 2. The summed E-state index contributed by atoms with van der Waals surface area (Å²) in [7, 11) is 0. The molecule has 1 heterocycles. The van der Waals surface area contributed by atoms with E-state index < -0.39 is 36.1 Å². The van der Waals surface area contributed by atoms with Crippen LogP contribution in [0.1, 0.15) is 26.2 Å². The Labute approximate surface area is 105 Å². The Morgan fingerprint density at radius 2 is 1.79 bits per heavy atom. The number of amides is 1. The molecule has 1 aliphatic heterocycles. The van der Waals surface area contributed by atoms with E-state index in [0.717, 1.165) is 0 Å². The first-order chi connectivity index (χ1) is 8.50. The van der Waals surface area contributed by atoms with Crippen LogP contribution in [0.4, 0.5) is 22.0 Å². The zero-order valence-electron chi connectivity index (χ0n) is 9.93. The molecule has 0 spiro atoms. The monoisotopic (exact) mass is 289 g/mol. The van der Waals surface area contributed by atoms with Crippen molar-refractivity contribution in [2.75, 3.05) is 6.54 Å². The van der Waals surface area contributed by atoms with Gasteiger partial charge in [-0.3, -0.25) is 4.79 Å². The third kappa shape index (κ3) is 2.25. The van der Waals surface area contributed by atoms with Gasteiger partial charge in [0.05, 0.1) is 0 Å². The molecule has 1 N–H and O–H groups in total. The molecule has 9 heteroatoms. The topological polar surface area (TPSA) is 57.6 Å². The van der Waals surface area contributed by atoms with E-state index in [0.29, 0.717) is 0 Å². The van der Waals surface area contributed by atoms with Crippen LogP contribution >= 0.6 is 0 Å². The maximum atomic E-state index is 13.0. The number of carboxylic acids is 1. The van der Waals surface area contributed by atoms with Crippen LogP contribution in [0.25, 0.3) is 0 Å². The van der Waals surface area contributed by atoms with Crippen LogP contribution in [0.2, 0.25) is 0 Å². The van der Waals surface area contributed by atoms with Crippen LogP contribution in [-0.4, -0.2) is 46.1 Å². The standard InChI is InChI=1S/C10H12F5NO3/c1-2-8(7(18)19)4-3-5-16(8)6(17)9(11,12)10(13,14)15/h2-5H2,1H3,(H,18,19). The quantitative estimate of drug-likeness (QED) is 0.809. The minimum absolute atomic E-state index is 0.0693. The van der Waals surface area contributed by atoms with E-state index in [2.05, 4.69) is 0 Å². The summed E-state index contributed by atoms with van der Waals surface area (Å²) in [5.74, 6) is -9.65. The number of hydrogen-bond donors (Lipinski definition) is 1. The first-order valence-corrected chi connectivity index (χ1v) is 5.50. The number of alkyl halides is 5. The fourth-order valence-corrected chi connectivity index (χ4v) is 2.21. The highest BCUT2D eigenvalue weighted by atomic mass is 19.4. The van der Waals surface area contributed by atoms with Crippen molar-refractivity contribution in [1.82, 2.24) is 4.90 Å². The zero-order valence-corrected chi connectivity index (χ0v) is 9.93. The van der Waals surface area contributed by atoms with Gasteiger partial charge in [-0.25, -0.2) is 4.79 Å². The normalized spacial score (nSPS) is 24.6. The SMILES string of the molecule is CCC1(C(=O)O)CCCN1C(=O)C(F)(F)C(F)(F)F. The molecule has 0 aromatic rings. The number of carbonyl (C=O) groups excluding carboxylic acids is 1. The Balaban J connectivity index is 3.16. The molecule has 1 aliphatic rings. The minimum Gasteiger partial charge on any atom is -0.479 e. The second-order valence-corrected chi connectivity index (χ2v) is 4.32. The van der Waals surface area contributed by atoms with Crippen molar-refractivity contribution in [1.29, 1.82) is 0 Å². The van der Waals surface area contributed by atoms with Crippen molar-refractivity contribution in [2.45, 2.75) is 43.8 Å². The predicted octanol–water partition coefficient (Wildman–Crippen LogP) is 2.04. The van der Waals surface area contributed by atoms with Crippen LogP contribution in [-0.2, 0) is 9.59 Å². The van der Waals surface area contributed by atoms with E-state index in [1.807, 2.05) is 0 Å². The number of halogens is 5. The largest absolute Gasteiger partial charge is 0.479 e. The molecule has 1 unspecified atom stereocenters. The van der Waals surface area contributed by atoms with E-state index in [-0.39, 0.29) is 24.2 Å². The molecule has 0 radical (unpaired) electrons. The lowest BCUT2D eigenvalue weighted by Gasteiger charge is -2.36. The van der Waals surface area contributed by atoms with Gasteiger partial charge >= 0.3 is 24.0 Å². The van der Waals surface area contributed by atoms with E-state index in [9.17, 15) is 31.5 Å². The molecule has 4 nitrogen and oxygen atoms in total. The molecule has 1 rings (SSSR count). The fraction of sp³-hybridized carbons (Fsp3) is 0.800. The van der Waals surface area contributed by atoms with Crippen LogP contribution < -0.4 is 0 Å². The molecule has 0 aromatic heterocycles. The third-order valence-electron chi connectivity index (χ3n) is 3.34. The summed E-state index contributed by atoms with van der Waals surface area (Å²) >= 11 is 0. The number of rotatable bonds is 3. The Hall–Kier alpha value is -1.41. The van der Waals surface area contributed by atoms with Gasteiger partial charge < -0.3 is 10.0 Å². The van der Waals surface area contributed by atoms with Crippen LogP contribution in [0.3, 0.4) is 0 Å². The predicted molar refractivity (Wildman–Crippen MR) is 52.6 cm³/mol. The zero-order chi connectivity index (χ0) is 15.1. The van der Waals surface area contributed by atoms with Crippen LogP contribution in [0.5, 0.6) is 0 Å². The van der Waals surface area contributed by atoms with Crippen molar-refractivity contribution < 1.29 is 36.6 Å². The number of likely N-dealkylation sites (tertiary alicyclic amines) is 1. The van der Waals surface area contributed by atoms with Gasteiger partial charge in [-0.1, -0.05) is 6.92 Å². The molecule has 1 atom stereocenters. The highest BCUT2D eigenvalue weighted by molar-refractivity contribution is 5.91. The Bertz CT molecular complexity index is 395. The Morgan fingerprint density at radius 1 is 1.26 bits per heavy atom. The van der Waals surface area contributed by atoms with Gasteiger partial charge in [0.1, 0.15) is 5.54 Å². The maximum Gasteiger partial charge on any atom is 0.463 e. The maximum absolute atomic E-state index is 13.0. The van der Waals surface area contributed by atoms with Crippen LogP contribution in [0.15, 0.2) is 0 Å². The molecule has 1 fully saturated rings. The van der Waals surface area contributed by atoms with Gasteiger partial charge in [-0.05, 0) is 19.3 Å². The first-order valence-electron chi connectivity index (χ1n) is 5.50. The summed E-state index contributed by atoms with van der Waals surface area (Å²) in [5.41, 5.74) is -1.98. The summed E-state index contributed by atoms with van der Waals surface area (Å²) in [6.45, 7) is 0.899. The summed E-state index contributed by atoms with van der Waals surface area (Å²) in [6.07, 6.45) is -6.34. The Morgan fingerprint density at radius 3 is 2.16 bits per heavy atom. The molecular weight excluding hydrogens is 277 g/mol. The first kappa shape index (κ1) is 15.6. The lowest BCUT2D eigenvalue weighted by molar-refractivity contribution is -0.276. The number of carbonyl (C=O) groups is 2. The smallest absolute Gasteiger partial charge is 0.463 e. The second kappa shape index (κ2) is 4.61. The molecule has 0 bridgehead atoms. The number of carboxylic acid groups (broad SMARTS) is 1. The summed E-state index contributed by atoms with van der Waals surface area (Å²) < 4.78 is 62.5. The van der Waals surface area contributed by atoms with Crippen molar-refractivity contribution >= 4 is 11.9 Å². The molecule has 0 aliphatic carbocycles. The van der Waals surface area contributed by atoms with Crippen molar-refractivity contribution in [3.8, 4) is 0 Å². The van der Waals surface area contributed by atoms with E-state index in [1.54, 1.807) is 0 Å². The molecule has 0 aromatic carbocycles. The van der Waals surface area contributed by atoms with E-state index >= 15 is 0 Å². The van der Waals surface area contributed by atoms with Gasteiger partial charge in [0.25, 0.3) is 0 Å². The molecule has 0 saturated carbocycles. The average Bonchev–Trinajstić information content (AvgIpc) is 2.70. The lowest BCUT2D eigenvalue weighted by atomic mass is 9.92. The fourth-order valence-electron chi connectivity index (χ4n) is 2.21. The summed E-state index contributed by atoms with van der Waals surface area (Å²) in [6, 6.07) is 0.